The van der Waals surface area contributed by atoms with Gasteiger partial charge >= 0.3 is 0 Å². The molecule has 1 unspecified atom stereocenters. The average molecular weight is 418 g/mol. The SMILES string of the molecule is COc1cc(NS(C)(=O)=O)c(Cl)cc1C(=O)NCC1(O)CN2CCC1CC2. The summed E-state index contributed by atoms with van der Waals surface area (Å²) in [6.07, 6.45) is 2.85. The van der Waals surface area contributed by atoms with Gasteiger partial charge in [-0.15, -0.1) is 0 Å². The summed E-state index contributed by atoms with van der Waals surface area (Å²) >= 11 is 6.12. The van der Waals surface area contributed by atoms with E-state index in [2.05, 4.69) is 14.9 Å². The van der Waals surface area contributed by atoms with Gasteiger partial charge in [0.2, 0.25) is 10.0 Å². The number of halogens is 1. The molecule has 3 saturated heterocycles. The predicted octanol–water partition coefficient (Wildman–Crippen LogP) is 0.907. The number of rotatable bonds is 6. The zero-order valence-corrected chi connectivity index (χ0v) is 16.9. The molecule has 150 valence electrons. The molecule has 1 aromatic carbocycles. The van der Waals surface area contributed by atoms with Gasteiger partial charge in [-0.1, -0.05) is 11.6 Å². The van der Waals surface area contributed by atoms with E-state index < -0.39 is 21.5 Å². The Kier molecular flexibility index (Phi) is 5.58. The number of hydrogen-bond acceptors (Lipinski definition) is 6. The minimum atomic E-state index is -3.52. The number of methoxy groups -OCH3 is 1. The van der Waals surface area contributed by atoms with Crippen LogP contribution in [0.15, 0.2) is 12.1 Å². The van der Waals surface area contributed by atoms with Crippen LogP contribution in [0.4, 0.5) is 5.69 Å². The number of nitrogens with one attached hydrogen (secondary N) is 2. The van der Waals surface area contributed by atoms with Crippen molar-refractivity contribution in [1.82, 2.24) is 10.2 Å². The first-order valence-corrected chi connectivity index (χ1v) is 11.0. The highest BCUT2D eigenvalue weighted by Crippen LogP contribution is 2.35. The number of carbonyl (C=O) groups is 1. The van der Waals surface area contributed by atoms with Crippen molar-refractivity contribution in [2.45, 2.75) is 18.4 Å². The molecule has 4 rings (SSSR count). The molecule has 27 heavy (non-hydrogen) atoms. The molecule has 1 aromatic rings. The third-order valence-electron chi connectivity index (χ3n) is 5.23. The van der Waals surface area contributed by atoms with Crippen molar-refractivity contribution in [3.63, 3.8) is 0 Å². The zero-order valence-electron chi connectivity index (χ0n) is 15.3. The maximum atomic E-state index is 12.7. The molecule has 10 heteroatoms. The monoisotopic (exact) mass is 417 g/mol. The summed E-state index contributed by atoms with van der Waals surface area (Å²) in [5.74, 6) is -0.0805. The zero-order chi connectivity index (χ0) is 19.8. The minimum absolute atomic E-state index is 0.0768. The highest BCUT2D eigenvalue weighted by molar-refractivity contribution is 7.92. The van der Waals surface area contributed by atoms with Gasteiger partial charge in [0.25, 0.3) is 5.91 Å². The van der Waals surface area contributed by atoms with Crippen LogP contribution in [0.25, 0.3) is 0 Å². The average Bonchev–Trinajstić information content (AvgIpc) is 2.61. The standard InChI is InChI=1S/C17H24ClN3O5S/c1-26-15-8-14(20-27(2,24)25)13(18)7-12(15)16(22)19-9-17(23)10-21-5-3-11(17)4-6-21/h7-8,11,20,23H,3-6,9-10H2,1-2H3,(H,19,22). The van der Waals surface area contributed by atoms with E-state index in [1.165, 1.54) is 19.2 Å². The second-order valence-electron chi connectivity index (χ2n) is 7.24. The fourth-order valence-corrected chi connectivity index (χ4v) is 4.69. The fraction of sp³-hybridized carbons (Fsp3) is 0.588. The molecule has 2 bridgehead atoms. The van der Waals surface area contributed by atoms with Gasteiger partial charge in [-0.25, -0.2) is 8.42 Å². The molecular weight excluding hydrogens is 394 g/mol. The van der Waals surface area contributed by atoms with Crippen LogP contribution < -0.4 is 14.8 Å². The molecule has 0 aliphatic carbocycles. The Bertz CT molecular complexity index is 839. The molecule has 3 heterocycles. The first-order chi connectivity index (χ1) is 12.6. The highest BCUT2D eigenvalue weighted by atomic mass is 35.5. The number of nitrogens with zero attached hydrogens (tertiary/aromatic N) is 1. The number of piperidine rings is 3. The molecule has 0 aromatic heterocycles. The van der Waals surface area contributed by atoms with Crippen molar-refractivity contribution >= 4 is 33.2 Å². The van der Waals surface area contributed by atoms with Gasteiger partial charge in [0.15, 0.2) is 0 Å². The molecule has 0 spiro atoms. The van der Waals surface area contributed by atoms with Crippen LogP contribution in [0.2, 0.25) is 5.02 Å². The Balaban J connectivity index is 1.75. The lowest BCUT2D eigenvalue weighted by molar-refractivity contribution is -0.108. The van der Waals surface area contributed by atoms with Crippen LogP contribution in [0.5, 0.6) is 5.75 Å². The first kappa shape index (κ1) is 20.2. The second-order valence-corrected chi connectivity index (χ2v) is 9.40. The van der Waals surface area contributed by atoms with Gasteiger partial charge < -0.3 is 20.1 Å². The number of hydrogen-bond donors (Lipinski definition) is 3. The molecule has 3 fully saturated rings. The minimum Gasteiger partial charge on any atom is -0.496 e. The van der Waals surface area contributed by atoms with Gasteiger partial charge in [0.1, 0.15) is 5.75 Å². The maximum absolute atomic E-state index is 12.7. The maximum Gasteiger partial charge on any atom is 0.255 e. The van der Waals surface area contributed by atoms with Crippen LogP contribution in [0.1, 0.15) is 23.2 Å². The summed E-state index contributed by atoms with van der Waals surface area (Å²) in [5, 5.41) is 13.8. The molecular formula is C17H24ClN3O5S. The summed E-state index contributed by atoms with van der Waals surface area (Å²) in [7, 11) is -2.14. The number of benzene rings is 1. The largest absolute Gasteiger partial charge is 0.496 e. The number of fused-ring (bicyclic) bond motifs is 3. The Morgan fingerprint density at radius 1 is 1.41 bits per heavy atom. The summed E-state index contributed by atoms with van der Waals surface area (Å²) in [5.41, 5.74) is -0.643. The number of carbonyl (C=O) groups excluding carboxylic acids is 1. The van der Waals surface area contributed by atoms with Crippen LogP contribution >= 0.6 is 11.6 Å². The molecule has 3 aliphatic heterocycles. The quantitative estimate of drug-likeness (QED) is 0.634. The molecule has 1 atom stereocenters. The summed E-state index contributed by atoms with van der Waals surface area (Å²) < 4.78 is 30.4. The van der Waals surface area contributed by atoms with Gasteiger partial charge in [-0.05, 0) is 37.9 Å². The smallest absolute Gasteiger partial charge is 0.255 e. The van der Waals surface area contributed by atoms with Crippen molar-refractivity contribution in [1.29, 1.82) is 0 Å². The fourth-order valence-electron chi connectivity index (χ4n) is 3.85. The predicted molar refractivity (Wildman–Crippen MR) is 103 cm³/mol. The second kappa shape index (κ2) is 7.46. The van der Waals surface area contributed by atoms with E-state index in [0.717, 1.165) is 32.2 Å². The normalized spacial score (nSPS) is 27.3. The van der Waals surface area contributed by atoms with E-state index in [-0.39, 0.29) is 34.5 Å². The molecule has 1 amide bonds. The summed E-state index contributed by atoms with van der Waals surface area (Å²) in [6.45, 7) is 2.66. The number of anilines is 1. The van der Waals surface area contributed by atoms with Crippen LogP contribution in [-0.4, -0.2) is 69.5 Å². The third-order valence-corrected chi connectivity index (χ3v) is 6.13. The Morgan fingerprint density at radius 3 is 2.59 bits per heavy atom. The van der Waals surface area contributed by atoms with E-state index in [1.54, 1.807) is 0 Å². The van der Waals surface area contributed by atoms with Crippen molar-refractivity contribution in [2.24, 2.45) is 5.92 Å². The number of ether oxygens (including phenoxy) is 1. The third kappa shape index (κ3) is 4.48. The molecule has 8 nitrogen and oxygen atoms in total. The van der Waals surface area contributed by atoms with Gasteiger partial charge in [0.05, 0.1) is 35.2 Å². The van der Waals surface area contributed by atoms with Gasteiger partial charge in [-0.2, -0.15) is 0 Å². The van der Waals surface area contributed by atoms with E-state index in [9.17, 15) is 18.3 Å². The topological polar surface area (TPSA) is 108 Å². The molecule has 0 saturated carbocycles. The Morgan fingerprint density at radius 2 is 2.07 bits per heavy atom. The summed E-state index contributed by atoms with van der Waals surface area (Å²) in [4.78, 5) is 14.9. The van der Waals surface area contributed by atoms with E-state index in [0.29, 0.717) is 6.54 Å². The Hall–Kier alpha value is -1.55. The first-order valence-electron chi connectivity index (χ1n) is 8.69. The van der Waals surface area contributed by atoms with Gasteiger partial charge in [-0.3, -0.25) is 9.52 Å². The Labute approximate surface area is 163 Å². The van der Waals surface area contributed by atoms with Crippen LogP contribution in [-0.2, 0) is 10.0 Å². The van der Waals surface area contributed by atoms with E-state index in [1.807, 2.05) is 0 Å². The lowest BCUT2D eigenvalue weighted by Gasteiger charge is -2.50. The number of sulfonamides is 1. The van der Waals surface area contributed by atoms with Crippen molar-refractivity contribution in [3.05, 3.63) is 22.7 Å². The van der Waals surface area contributed by atoms with Crippen LogP contribution in [0.3, 0.4) is 0 Å². The molecule has 3 aliphatic rings. The van der Waals surface area contributed by atoms with E-state index >= 15 is 0 Å². The van der Waals surface area contributed by atoms with Crippen molar-refractivity contribution < 1.29 is 23.1 Å². The van der Waals surface area contributed by atoms with Crippen molar-refractivity contribution in [2.75, 3.05) is 44.3 Å². The van der Waals surface area contributed by atoms with Gasteiger partial charge in [0, 0.05) is 19.2 Å². The molecule has 0 radical (unpaired) electrons. The lowest BCUT2D eigenvalue weighted by Crippen LogP contribution is -2.63. The lowest BCUT2D eigenvalue weighted by atomic mass is 9.75. The van der Waals surface area contributed by atoms with Crippen molar-refractivity contribution in [3.8, 4) is 5.75 Å². The number of aliphatic hydroxyl groups is 1. The highest BCUT2D eigenvalue weighted by Gasteiger charge is 2.45. The number of amides is 1. The summed E-state index contributed by atoms with van der Waals surface area (Å²) in [6, 6.07) is 2.71. The van der Waals surface area contributed by atoms with Crippen LogP contribution in [0, 0.1) is 5.92 Å². The van der Waals surface area contributed by atoms with E-state index in [4.69, 9.17) is 16.3 Å². The molecule has 3 N–H and O–H groups in total.